The van der Waals surface area contributed by atoms with Crippen LogP contribution in [0.3, 0.4) is 0 Å². The number of hydrogen-bond donors (Lipinski definition) is 1. The van der Waals surface area contributed by atoms with Gasteiger partial charge in [-0.25, -0.2) is 5.01 Å². The van der Waals surface area contributed by atoms with E-state index in [-0.39, 0.29) is 0 Å². The topological polar surface area (TPSA) is 15.3 Å². The van der Waals surface area contributed by atoms with Crippen LogP contribution in [-0.4, -0.2) is 18.1 Å². The predicted octanol–water partition coefficient (Wildman–Crippen LogP) is 1.51. The molecule has 0 fully saturated rings. The van der Waals surface area contributed by atoms with E-state index < -0.39 is 0 Å². The van der Waals surface area contributed by atoms with E-state index in [1.807, 2.05) is 17.6 Å². The average molecular weight is 151 g/mol. The van der Waals surface area contributed by atoms with E-state index in [0.717, 1.165) is 13.1 Å². The van der Waals surface area contributed by atoms with Crippen LogP contribution in [0.15, 0.2) is 38.0 Å². The molecule has 0 aromatic rings. The number of hydrazine groups is 1. The smallest absolute Gasteiger partial charge is 0.0629 e. The zero-order chi connectivity index (χ0) is 8.53. The lowest BCUT2D eigenvalue weighted by Gasteiger charge is -2.17. The number of nitrogens with one attached hydrogen (secondary N) is 1. The molecule has 1 N–H and O–H groups in total. The van der Waals surface area contributed by atoms with E-state index >= 15 is 0 Å². The SMILES string of the molecule is C=C[CH]N(CC=C)NCC=C. The molecular weight excluding hydrogens is 136 g/mol. The molecule has 0 aliphatic rings. The Labute approximate surface area is 68.9 Å². The molecule has 2 nitrogen and oxygen atoms in total. The second-order valence-corrected chi connectivity index (χ2v) is 1.98. The molecule has 0 saturated heterocycles. The number of hydrogen-bond acceptors (Lipinski definition) is 2. The fourth-order valence-corrected chi connectivity index (χ4v) is 0.626. The summed E-state index contributed by atoms with van der Waals surface area (Å²) in [6.45, 7) is 14.2. The van der Waals surface area contributed by atoms with Crippen molar-refractivity contribution in [3.8, 4) is 0 Å². The predicted molar refractivity (Wildman–Crippen MR) is 49.6 cm³/mol. The standard InChI is InChI=1S/C9H15N2/c1-4-7-10-11(8-5-2)9-6-3/h4-6,8,10H,1-3,7,9H2. The van der Waals surface area contributed by atoms with Crippen LogP contribution in [-0.2, 0) is 0 Å². The largest absolute Gasteiger partial charge is 0.250 e. The molecule has 0 rings (SSSR count). The molecule has 0 unspecified atom stereocenters. The highest BCUT2D eigenvalue weighted by atomic mass is 15.5. The second-order valence-electron chi connectivity index (χ2n) is 1.98. The van der Waals surface area contributed by atoms with Gasteiger partial charge in [-0.05, 0) is 0 Å². The minimum atomic E-state index is 0.748. The Balaban J connectivity index is 3.57. The molecule has 0 spiro atoms. The second kappa shape index (κ2) is 7.25. The summed E-state index contributed by atoms with van der Waals surface area (Å²) in [4.78, 5) is 0. The molecule has 11 heavy (non-hydrogen) atoms. The first-order valence-electron chi connectivity index (χ1n) is 3.53. The molecule has 0 atom stereocenters. The summed E-state index contributed by atoms with van der Waals surface area (Å²) in [6, 6.07) is 0. The maximum atomic E-state index is 3.63. The van der Waals surface area contributed by atoms with Crippen molar-refractivity contribution < 1.29 is 0 Å². The normalized spacial score (nSPS) is 9.55. The van der Waals surface area contributed by atoms with E-state index in [4.69, 9.17) is 0 Å². The van der Waals surface area contributed by atoms with Gasteiger partial charge in [-0.2, -0.15) is 0 Å². The van der Waals surface area contributed by atoms with Crippen molar-refractivity contribution in [2.45, 2.75) is 0 Å². The van der Waals surface area contributed by atoms with Crippen molar-refractivity contribution in [2.24, 2.45) is 0 Å². The first-order valence-corrected chi connectivity index (χ1v) is 3.53. The molecular formula is C9H15N2. The summed E-state index contributed by atoms with van der Waals surface area (Å²) in [7, 11) is 0. The molecule has 1 radical (unpaired) electrons. The lowest BCUT2D eigenvalue weighted by molar-refractivity contribution is 0.288. The van der Waals surface area contributed by atoms with E-state index in [2.05, 4.69) is 25.2 Å². The Hall–Kier alpha value is -0.860. The van der Waals surface area contributed by atoms with Gasteiger partial charge < -0.3 is 0 Å². The van der Waals surface area contributed by atoms with Gasteiger partial charge in [0.2, 0.25) is 0 Å². The molecule has 2 heteroatoms. The van der Waals surface area contributed by atoms with Crippen molar-refractivity contribution in [2.75, 3.05) is 13.1 Å². The minimum Gasteiger partial charge on any atom is -0.250 e. The van der Waals surface area contributed by atoms with Gasteiger partial charge in [0.05, 0.1) is 6.54 Å². The highest BCUT2D eigenvalue weighted by Crippen LogP contribution is 1.88. The van der Waals surface area contributed by atoms with E-state index in [1.165, 1.54) is 0 Å². The van der Waals surface area contributed by atoms with Gasteiger partial charge in [0.1, 0.15) is 0 Å². The molecule has 0 aromatic heterocycles. The summed E-state index contributed by atoms with van der Waals surface area (Å²) in [6.07, 6.45) is 5.34. The fraction of sp³-hybridized carbons (Fsp3) is 0.222. The van der Waals surface area contributed by atoms with Crippen molar-refractivity contribution in [3.05, 3.63) is 44.5 Å². The molecule has 0 aromatic carbocycles. The van der Waals surface area contributed by atoms with Crippen molar-refractivity contribution in [3.63, 3.8) is 0 Å². The Morgan fingerprint density at radius 3 is 2.36 bits per heavy atom. The van der Waals surface area contributed by atoms with Gasteiger partial charge in [-0.1, -0.05) is 18.2 Å². The first-order chi connectivity index (χ1) is 5.35. The van der Waals surface area contributed by atoms with Crippen LogP contribution in [0.2, 0.25) is 0 Å². The summed E-state index contributed by atoms with van der Waals surface area (Å²) in [5.41, 5.74) is 3.09. The summed E-state index contributed by atoms with van der Waals surface area (Å²) >= 11 is 0. The van der Waals surface area contributed by atoms with Gasteiger partial charge in [-0.3, -0.25) is 5.43 Å². The third-order valence-corrected chi connectivity index (χ3v) is 1.05. The third-order valence-electron chi connectivity index (χ3n) is 1.05. The molecule has 61 valence electrons. The van der Waals surface area contributed by atoms with Gasteiger partial charge >= 0.3 is 0 Å². The molecule has 0 amide bonds. The van der Waals surface area contributed by atoms with E-state index in [9.17, 15) is 0 Å². The Kier molecular flexibility index (Phi) is 6.68. The van der Waals surface area contributed by atoms with E-state index in [1.54, 1.807) is 12.2 Å². The lowest BCUT2D eigenvalue weighted by Crippen LogP contribution is -2.35. The van der Waals surface area contributed by atoms with Crippen molar-refractivity contribution in [1.82, 2.24) is 10.4 Å². The molecule has 0 aliphatic carbocycles. The summed E-state index contributed by atoms with van der Waals surface area (Å²) in [5, 5.41) is 1.89. The maximum absolute atomic E-state index is 3.63. The van der Waals surface area contributed by atoms with E-state index in [0.29, 0.717) is 0 Å². The van der Waals surface area contributed by atoms with Gasteiger partial charge in [-0.15, -0.1) is 19.7 Å². The van der Waals surface area contributed by atoms with Gasteiger partial charge in [0.25, 0.3) is 0 Å². The Bertz CT molecular complexity index is 120. The summed E-state index contributed by atoms with van der Waals surface area (Å²) in [5.74, 6) is 0. The van der Waals surface area contributed by atoms with Crippen LogP contribution >= 0.6 is 0 Å². The zero-order valence-corrected chi connectivity index (χ0v) is 6.79. The molecule has 0 saturated carbocycles. The summed E-state index contributed by atoms with van der Waals surface area (Å²) < 4.78 is 0. The van der Waals surface area contributed by atoms with Crippen LogP contribution in [0.5, 0.6) is 0 Å². The van der Waals surface area contributed by atoms with Crippen LogP contribution < -0.4 is 5.43 Å². The van der Waals surface area contributed by atoms with Crippen LogP contribution in [0.4, 0.5) is 0 Å². The molecule has 0 aliphatic heterocycles. The lowest BCUT2D eigenvalue weighted by atomic mass is 10.5. The fourth-order valence-electron chi connectivity index (χ4n) is 0.626. The van der Waals surface area contributed by atoms with Gasteiger partial charge in [0.15, 0.2) is 0 Å². The first kappa shape index (κ1) is 10.1. The minimum absolute atomic E-state index is 0.748. The highest BCUT2D eigenvalue weighted by molar-refractivity contribution is 4.88. The Morgan fingerprint density at radius 1 is 1.18 bits per heavy atom. The molecule has 0 heterocycles. The monoisotopic (exact) mass is 151 g/mol. The Morgan fingerprint density at radius 2 is 1.91 bits per heavy atom. The quantitative estimate of drug-likeness (QED) is 0.438. The van der Waals surface area contributed by atoms with Gasteiger partial charge in [0, 0.05) is 13.1 Å². The number of nitrogens with zero attached hydrogens (tertiary/aromatic N) is 1. The molecule has 0 bridgehead atoms. The zero-order valence-electron chi connectivity index (χ0n) is 6.79. The van der Waals surface area contributed by atoms with Crippen LogP contribution in [0.1, 0.15) is 0 Å². The average Bonchev–Trinajstić information content (AvgIpc) is 2.01. The van der Waals surface area contributed by atoms with Crippen molar-refractivity contribution in [1.29, 1.82) is 0 Å². The van der Waals surface area contributed by atoms with Crippen LogP contribution in [0.25, 0.3) is 0 Å². The maximum Gasteiger partial charge on any atom is 0.0629 e. The highest BCUT2D eigenvalue weighted by Gasteiger charge is 1.95. The van der Waals surface area contributed by atoms with Crippen LogP contribution in [0, 0.1) is 6.54 Å². The number of rotatable bonds is 7. The third kappa shape index (κ3) is 5.58. The van der Waals surface area contributed by atoms with Crippen molar-refractivity contribution >= 4 is 0 Å².